The number of aromatic amines is 1. The summed E-state index contributed by atoms with van der Waals surface area (Å²) in [7, 11) is 0. The Morgan fingerprint density at radius 2 is 1.71 bits per heavy atom. The summed E-state index contributed by atoms with van der Waals surface area (Å²) in [4.78, 5) is 15.5. The van der Waals surface area contributed by atoms with E-state index in [1.807, 2.05) is 30.3 Å². The summed E-state index contributed by atoms with van der Waals surface area (Å²) >= 11 is 1.18. The van der Waals surface area contributed by atoms with Gasteiger partial charge in [-0.1, -0.05) is 57.7 Å². The molecule has 0 bridgehead atoms. The number of pyridine rings is 1. The number of nitriles is 2. The molecule has 4 N–H and O–H groups in total. The molecule has 6 nitrogen and oxygen atoms in total. The zero-order valence-electron chi connectivity index (χ0n) is 16.5. The molecule has 0 spiro atoms. The second-order valence-corrected chi connectivity index (χ2v) is 8.01. The van der Waals surface area contributed by atoms with E-state index in [1.165, 1.54) is 17.8 Å². The van der Waals surface area contributed by atoms with Gasteiger partial charge < -0.3 is 5.32 Å². The first-order valence-electron chi connectivity index (χ1n) is 8.99. The fourth-order valence-electron chi connectivity index (χ4n) is 2.84. The number of rotatable bonds is 6. The third kappa shape index (κ3) is 4.82. The maximum Gasteiger partial charge on any atom is 0.289 e. The van der Waals surface area contributed by atoms with Crippen molar-refractivity contribution in [2.45, 2.75) is 44.6 Å². The van der Waals surface area contributed by atoms with Gasteiger partial charge in [0.1, 0.15) is 23.3 Å². The van der Waals surface area contributed by atoms with Crippen LogP contribution in [0.4, 0.5) is 11.5 Å². The number of benzene rings is 1. The molecule has 0 saturated heterocycles. The molecular formula is C21H24N5OS+. The Morgan fingerprint density at radius 3 is 2.21 bits per heavy atom. The number of carbonyl (C=O) groups is 1. The Hall–Kier alpha value is -3.03. The van der Waals surface area contributed by atoms with Crippen LogP contribution in [0.3, 0.4) is 0 Å². The van der Waals surface area contributed by atoms with Crippen LogP contribution in [-0.4, -0.2) is 11.7 Å². The third-order valence-corrected chi connectivity index (χ3v) is 5.31. The van der Waals surface area contributed by atoms with Gasteiger partial charge >= 0.3 is 0 Å². The molecular weight excluding hydrogens is 370 g/mol. The summed E-state index contributed by atoms with van der Waals surface area (Å²) in [5.41, 5.74) is 9.33. The minimum absolute atomic E-state index is 0.112. The van der Waals surface area contributed by atoms with Gasteiger partial charge in [0.05, 0.1) is 5.75 Å². The fourth-order valence-corrected chi connectivity index (χ4v) is 3.63. The van der Waals surface area contributed by atoms with Crippen LogP contribution < -0.4 is 16.0 Å². The van der Waals surface area contributed by atoms with Crippen molar-refractivity contribution < 1.29 is 9.78 Å². The number of amides is 1. The number of nitrogens with one attached hydrogen (secondary N) is 2. The maximum atomic E-state index is 12.6. The van der Waals surface area contributed by atoms with Crippen molar-refractivity contribution in [2.24, 2.45) is 0 Å². The number of aromatic nitrogens is 1. The van der Waals surface area contributed by atoms with Crippen LogP contribution in [0.15, 0.2) is 29.3 Å². The van der Waals surface area contributed by atoms with Crippen molar-refractivity contribution in [3.05, 3.63) is 46.5 Å². The van der Waals surface area contributed by atoms with Crippen molar-refractivity contribution >= 4 is 29.2 Å². The monoisotopic (exact) mass is 394 g/mol. The van der Waals surface area contributed by atoms with Gasteiger partial charge in [-0.15, -0.1) is 0 Å². The van der Waals surface area contributed by atoms with E-state index < -0.39 is 0 Å². The molecule has 144 valence electrons. The molecule has 0 fully saturated rings. The van der Waals surface area contributed by atoms with Crippen molar-refractivity contribution in [3.63, 3.8) is 0 Å². The minimum atomic E-state index is -0.166. The summed E-state index contributed by atoms with van der Waals surface area (Å²) in [6, 6.07) is 11.5. The molecule has 0 aliphatic carbocycles. The van der Waals surface area contributed by atoms with E-state index in [-0.39, 0.29) is 40.4 Å². The number of nitrogen functional groups attached to an aromatic ring is 1. The average Bonchev–Trinajstić information content (AvgIpc) is 2.66. The molecule has 1 aromatic carbocycles. The molecule has 0 aliphatic heterocycles. The highest BCUT2D eigenvalue weighted by molar-refractivity contribution is 7.99. The van der Waals surface area contributed by atoms with E-state index in [0.29, 0.717) is 5.03 Å². The van der Waals surface area contributed by atoms with E-state index in [4.69, 9.17) is 11.0 Å². The first-order chi connectivity index (χ1) is 13.3. The summed E-state index contributed by atoms with van der Waals surface area (Å²) in [5, 5.41) is 21.8. The highest BCUT2D eigenvalue weighted by atomic mass is 32.2. The first kappa shape index (κ1) is 21.3. The number of para-hydroxylation sites is 1. The topological polar surface area (TPSA) is 117 Å². The van der Waals surface area contributed by atoms with Crippen LogP contribution in [0.1, 0.15) is 61.8 Å². The molecule has 0 aliphatic rings. The molecule has 7 heteroatoms. The molecule has 1 aromatic heterocycles. The van der Waals surface area contributed by atoms with E-state index in [1.54, 1.807) is 0 Å². The highest BCUT2D eigenvalue weighted by Crippen LogP contribution is 2.32. The largest absolute Gasteiger partial charge is 0.325 e. The Labute approximate surface area is 169 Å². The number of carbonyl (C=O) groups excluding carboxylic acids is 1. The molecule has 2 aromatic rings. The number of thioether (sulfide) groups is 1. The van der Waals surface area contributed by atoms with Crippen LogP contribution in [0, 0.1) is 22.7 Å². The van der Waals surface area contributed by atoms with Crippen molar-refractivity contribution in [3.8, 4) is 12.1 Å². The lowest BCUT2D eigenvalue weighted by Crippen LogP contribution is -2.21. The van der Waals surface area contributed by atoms with Crippen LogP contribution in [0.5, 0.6) is 0 Å². The smallest absolute Gasteiger partial charge is 0.289 e. The quantitative estimate of drug-likeness (QED) is 0.723. The number of hydrogen-bond donors (Lipinski definition) is 2. The van der Waals surface area contributed by atoms with Crippen LogP contribution >= 0.6 is 11.8 Å². The molecule has 1 amide bonds. The first-order valence-corrected chi connectivity index (χ1v) is 9.98. The number of anilines is 2. The predicted molar refractivity (Wildman–Crippen MR) is 111 cm³/mol. The molecule has 0 atom stereocenters. The zero-order valence-corrected chi connectivity index (χ0v) is 17.3. The number of nitrogens with zero attached hydrogens (tertiary/aromatic N) is 2. The Bertz CT molecular complexity index is 944. The van der Waals surface area contributed by atoms with Gasteiger partial charge in [-0.25, -0.2) is 4.98 Å². The molecule has 0 unspecified atom stereocenters. The fraction of sp³-hybridized carbons (Fsp3) is 0.333. The summed E-state index contributed by atoms with van der Waals surface area (Å²) < 4.78 is 0. The normalized spacial score (nSPS) is 10.6. The lowest BCUT2D eigenvalue weighted by atomic mass is 9.92. The SMILES string of the molecule is CC(C)c1cccc(C(C)C)c1NC(=O)CSc1[nH+]c(N)c(C#N)cc1C#N. The molecule has 28 heavy (non-hydrogen) atoms. The summed E-state index contributed by atoms with van der Waals surface area (Å²) in [6.45, 7) is 8.38. The highest BCUT2D eigenvalue weighted by Gasteiger charge is 2.18. The lowest BCUT2D eigenvalue weighted by Gasteiger charge is -2.20. The third-order valence-electron chi connectivity index (χ3n) is 4.30. The van der Waals surface area contributed by atoms with Crippen LogP contribution in [-0.2, 0) is 4.79 Å². The van der Waals surface area contributed by atoms with Crippen LogP contribution in [0.25, 0.3) is 0 Å². The van der Waals surface area contributed by atoms with E-state index in [2.05, 4.69) is 38.0 Å². The maximum absolute atomic E-state index is 12.6. The van der Waals surface area contributed by atoms with Gasteiger partial charge in [-0.2, -0.15) is 10.5 Å². The van der Waals surface area contributed by atoms with Gasteiger partial charge in [0.25, 0.3) is 5.82 Å². The number of nitrogens with two attached hydrogens (primary N) is 1. The predicted octanol–water partition coefficient (Wildman–Crippen LogP) is 3.80. The van der Waals surface area contributed by atoms with Crippen LogP contribution in [0.2, 0.25) is 0 Å². The molecule has 0 radical (unpaired) electrons. The molecule has 2 rings (SSSR count). The Balaban J connectivity index is 2.22. The Morgan fingerprint density at radius 1 is 1.14 bits per heavy atom. The van der Waals surface area contributed by atoms with Gasteiger partial charge in [-0.05, 0) is 29.0 Å². The second-order valence-electron chi connectivity index (χ2n) is 7.02. The van der Waals surface area contributed by atoms with Crippen molar-refractivity contribution in [1.82, 2.24) is 0 Å². The number of H-pyrrole nitrogens is 1. The average molecular weight is 395 g/mol. The van der Waals surface area contributed by atoms with E-state index >= 15 is 0 Å². The summed E-state index contributed by atoms with van der Waals surface area (Å²) in [6.07, 6.45) is 0. The van der Waals surface area contributed by atoms with E-state index in [0.717, 1.165) is 16.8 Å². The minimum Gasteiger partial charge on any atom is -0.325 e. The van der Waals surface area contributed by atoms with Gasteiger partial charge in [0.2, 0.25) is 5.91 Å². The van der Waals surface area contributed by atoms with Gasteiger partial charge in [-0.3, -0.25) is 10.5 Å². The summed E-state index contributed by atoms with van der Waals surface area (Å²) in [5.74, 6) is 0.675. The van der Waals surface area contributed by atoms with E-state index in [9.17, 15) is 10.1 Å². The Kier molecular flexibility index (Phi) is 7.03. The standard InChI is InChI=1S/C21H23N5OS/c1-12(2)16-6-5-7-17(13(3)4)19(16)25-18(27)11-28-21-15(10-23)8-14(9-22)20(24)26-21/h5-8,12-13H,11H2,1-4H3,(H2,24,26)(H,25,27)/p+1. The van der Waals surface area contributed by atoms with Crippen molar-refractivity contribution in [2.75, 3.05) is 16.8 Å². The molecule has 0 saturated carbocycles. The second kappa shape index (κ2) is 9.25. The van der Waals surface area contributed by atoms with Gasteiger partial charge in [0.15, 0.2) is 5.03 Å². The molecule has 1 heterocycles. The van der Waals surface area contributed by atoms with Gasteiger partial charge in [0, 0.05) is 5.69 Å². The zero-order chi connectivity index (χ0) is 20.8. The number of hydrogen-bond acceptors (Lipinski definition) is 5. The van der Waals surface area contributed by atoms with Crippen molar-refractivity contribution in [1.29, 1.82) is 10.5 Å². The lowest BCUT2D eigenvalue weighted by molar-refractivity contribution is -0.410.